The molecule has 1 atom stereocenters. The van der Waals surface area contributed by atoms with Crippen molar-refractivity contribution in [3.63, 3.8) is 0 Å². The van der Waals surface area contributed by atoms with Crippen LogP contribution in [-0.2, 0) is 10.0 Å². The van der Waals surface area contributed by atoms with E-state index in [1.165, 1.54) is 30.5 Å². The average molecular weight is 485 g/mol. The minimum absolute atomic E-state index is 0.0592. The molecule has 8 nitrogen and oxygen atoms in total. The number of sulfonamides is 1. The molecule has 1 fully saturated rings. The lowest BCUT2D eigenvalue weighted by atomic mass is 9.90. The first-order valence-corrected chi connectivity index (χ1v) is 12.3. The molecule has 178 valence electrons. The molecule has 4 rings (SSSR count). The number of nitrogens with zero attached hydrogens (tertiary/aromatic N) is 2. The van der Waals surface area contributed by atoms with Crippen LogP contribution in [0.15, 0.2) is 64.4 Å². The number of benzene rings is 1. The van der Waals surface area contributed by atoms with Gasteiger partial charge in [-0.25, -0.2) is 22.5 Å². The summed E-state index contributed by atoms with van der Waals surface area (Å²) >= 11 is 0. The Morgan fingerprint density at radius 2 is 1.88 bits per heavy atom. The largest absolute Gasteiger partial charge is 0.351 e. The van der Waals surface area contributed by atoms with Gasteiger partial charge < -0.3 is 9.88 Å². The smallest absolute Gasteiger partial charge is 0.269 e. The maximum Gasteiger partial charge on any atom is 0.269 e. The molecular formula is C24H25FN4O4S. The Labute approximate surface area is 196 Å². The highest BCUT2D eigenvalue weighted by Crippen LogP contribution is 2.39. The number of carbonyl (C=O) groups is 1. The van der Waals surface area contributed by atoms with E-state index in [0.717, 1.165) is 12.5 Å². The highest BCUT2D eigenvalue weighted by atomic mass is 32.2. The fourth-order valence-corrected chi connectivity index (χ4v) is 5.10. The molecule has 1 unspecified atom stereocenters. The number of pyridine rings is 2. The standard InChI is InChI=1S/C24H25FN4O4S/c1-15-12-14-29(24(15,2)3)21-18(10-11-19(27-21)16-6-8-17(25)9-7-16)22(30)28-34(32,33)20-5-4-13-26-23(20)31/h4-11,13,15H,12,14H2,1-3H3,(H,26,31)(H,28,30). The van der Waals surface area contributed by atoms with Crippen molar-refractivity contribution in [1.82, 2.24) is 14.7 Å². The Morgan fingerprint density at radius 3 is 2.50 bits per heavy atom. The molecule has 2 aromatic heterocycles. The predicted octanol–water partition coefficient (Wildman–Crippen LogP) is 3.32. The van der Waals surface area contributed by atoms with Gasteiger partial charge in [0.1, 0.15) is 11.6 Å². The summed E-state index contributed by atoms with van der Waals surface area (Å²) in [7, 11) is -4.42. The number of aromatic nitrogens is 2. The highest BCUT2D eigenvalue weighted by molar-refractivity contribution is 7.90. The van der Waals surface area contributed by atoms with Crippen molar-refractivity contribution in [1.29, 1.82) is 0 Å². The normalized spacial score (nSPS) is 17.5. The van der Waals surface area contributed by atoms with Crippen LogP contribution in [0, 0.1) is 11.7 Å². The van der Waals surface area contributed by atoms with E-state index in [1.807, 2.05) is 23.5 Å². The van der Waals surface area contributed by atoms with Gasteiger partial charge in [0.25, 0.3) is 21.5 Å². The van der Waals surface area contributed by atoms with Crippen molar-refractivity contribution in [3.8, 4) is 11.3 Å². The first-order chi connectivity index (χ1) is 16.0. The number of carbonyl (C=O) groups excluding carboxylic acids is 1. The lowest BCUT2D eigenvalue weighted by Gasteiger charge is -2.36. The molecule has 0 saturated carbocycles. The molecule has 3 heterocycles. The number of anilines is 1. The van der Waals surface area contributed by atoms with Crippen molar-refractivity contribution in [2.24, 2.45) is 5.92 Å². The summed E-state index contributed by atoms with van der Waals surface area (Å²) in [6.07, 6.45) is 2.17. The van der Waals surface area contributed by atoms with Crippen LogP contribution in [0.25, 0.3) is 11.3 Å². The quantitative estimate of drug-likeness (QED) is 0.575. The fourth-order valence-electron chi connectivity index (χ4n) is 4.07. The van der Waals surface area contributed by atoms with Gasteiger partial charge in [0.15, 0.2) is 4.90 Å². The third-order valence-electron chi connectivity index (χ3n) is 6.50. The molecule has 1 aliphatic heterocycles. The predicted molar refractivity (Wildman–Crippen MR) is 127 cm³/mol. The third-order valence-corrected chi connectivity index (χ3v) is 7.86. The first-order valence-electron chi connectivity index (χ1n) is 10.8. The van der Waals surface area contributed by atoms with Crippen LogP contribution in [0.5, 0.6) is 0 Å². The molecule has 34 heavy (non-hydrogen) atoms. The van der Waals surface area contributed by atoms with Gasteiger partial charge in [0.2, 0.25) is 0 Å². The number of rotatable bonds is 5. The second-order valence-electron chi connectivity index (χ2n) is 8.87. The van der Waals surface area contributed by atoms with E-state index in [4.69, 9.17) is 4.98 Å². The van der Waals surface area contributed by atoms with Crippen LogP contribution in [0.1, 0.15) is 37.6 Å². The molecule has 0 aliphatic carbocycles. The van der Waals surface area contributed by atoms with Crippen LogP contribution in [0.3, 0.4) is 0 Å². The molecule has 3 aromatic rings. The molecular weight excluding hydrogens is 459 g/mol. The molecule has 10 heteroatoms. The van der Waals surface area contributed by atoms with Crippen LogP contribution in [0.4, 0.5) is 10.2 Å². The molecule has 2 N–H and O–H groups in total. The Morgan fingerprint density at radius 1 is 1.18 bits per heavy atom. The van der Waals surface area contributed by atoms with Gasteiger partial charge in [-0.15, -0.1) is 0 Å². The van der Waals surface area contributed by atoms with Gasteiger partial charge in [0, 0.05) is 23.8 Å². The zero-order valence-corrected chi connectivity index (χ0v) is 19.8. The first kappa shape index (κ1) is 23.6. The van der Waals surface area contributed by atoms with E-state index < -0.39 is 26.4 Å². The SMILES string of the molecule is CC1CCN(c2nc(-c3ccc(F)cc3)ccc2C(=O)NS(=O)(=O)c2ccc[nH]c2=O)C1(C)C. The number of halogens is 1. The molecule has 0 radical (unpaired) electrons. The van der Waals surface area contributed by atoms with E-state index in [0.29, 0.717) is 29.5 Å². The monoisotopic (exact) mass is 484 g/mol. The van der Waals surface area contributed by atoms with Crippen LogP contribution in [-0.4, -0.2) is 36.4 Å². The lowest BCUT2D eigenvalue weighted by molar-refractivity contribution is 0.0981. The zero-order valence-electron chi connectivity index (χ0n) is 19.0. The van der Waals surface area contributed by atoms with E-state index in [9.17, 15) is 22.4 Å². The Hall–Kier alpha value is -3.53. The number of hydrogen-bond acceptors (Lipinski definition) is 6. The Bertz CT molecular complexity index is 1400. The van der Waals surface area contributed by atoms with Crippen LogP contribution < -0.4 is 15.2 Å². The summed E-state index contributed by atoms with van der Waals surface area (Å²) < 4.78 is 40.9. The Kier molecular flexibility index (Phi) is 6.03. The average Bonchev–Trinajstić information content (AvgIpc) is 3.05. The molecule has 1 saturated heterocycles. The van der Waals surface area contributed by atoms with E-state index in [-0.39, 0.29) is 16.9 Å². The maximum atomic E-state index is 13.4. The number of nitrogens with one attached hydrogen (secondary N) is 2. The fraction of sp³-hybridized carbons (Fsp3) is 0.292. The highest BCUT2D eigenvalue weighted by Gasteiger charge is 2.41. The second kappa shape index (κ2) is 8.68. The minimum atomic E-state index is -4.42. The third kappa shape index (κ3) is 4.33. The number of H-pyrrole nitrogens is 1. The molecule has 0 bridgehead atoms. The van der Waals surface area contributed by atoms with Crippen molar-refractivity contribution >= 4 is 21.7 Å². The van der Waals surface area contributed by atoms with Crippen LogP contribution >= 0.6 is 0 Å². The zero-order chi connectivity index (χ0) is 24.7. The number of amides is 1. The van der Waals surface area contributed by atoms with E-state index in [2.05, 4.69) is 11.9 Å². The summed E-state index contributed by atoms with van der Waals surface area (Å²) in [4.78, 5) is 33.6. The van der Waals surface area contributed by atoms with Crippen molar-refractivity contribution in [2.75, 3.05) is 11.4 Å². The van der Waals surface area contributed by atoms with Gasteiger partial charge in [-0.3, -0.25) is 9.59 Å². The van der Waals surface area contributed by atoms with Crippen LogP contribution in [0.2, 0.25) is 0 Å². The molecule has 1 amide bonds. The number of aromatic amines is 1. The maximum absolute atomic E-state index is 13.4. The number of hydrogen-bond donors (Lipinski definition) is 2. The van der Waals surface area contributed by atoms with Gasteiger partial charge in [-0.1, -0.05) is 6.92 Å². The van der Waals surface area contributed by atoms with Crippen molar-refractivity contribution in [3.05, 3.63) is 76.5 Å². The van der Waals surface area contributed by atoms with Gasteiger partial charge >= 0.3 is 0 Å². The van der Waals surface area contributed by atoms with Gasteiger partial charge in [-0.2, -0.15) is 0 Å². The van der Waals surface area contributed by atoms with E-state index in [1.54, 1.807) is 18.2 Å². The lowest BCUT2D eigenvalue weighted by Crippen LogP contribution is -2.44. The molecule has 0 spiro atoms. The summed E-state index contributed by atoms with van der Waals surface area (Å²) in [5.74, 6) is -0.653. The Balaban J connectivity index is 1.78. The van der Waals surface area contributed by atoms with Crippen molar-refractivity contribution in [2.45, 2.75) is 37.6 Å². The summed E-state index contributed by atoms with van der Waals surface area (Å²) in [5, 5.41) is 0. The van der Waals surface area contributed by atoms with Gasteiger partial charge in [-0.05, 0) is 74.7 Å². The summed E-state index contributed by atoms with van der Waals surface area (Å²) in [5.41, 5.74) is 0.0532. The summed E-state index contributed by atoms with van der Waals surface area (Å²) in [6.45, 7) is 6.81. The van der Waals surface area contributed by atoms with E-state index >= 15 is 0 Å². The van der Waals surface area contributed by atoms with Gasteiger partial charge in [0.05, 0.1) is 11.3 Å². The topological polar surface area (TPSA) is 112 Å². The summed E-state index contributed by atoms with van der Waals surface area (Å²) in [6, 6.07) is 11.4. The second-order valence-corrected chi connectivity index (χ2v) is 10.5. The minimum Gasteiger partial charge on any atom is -0.351 e. The molecule has 1 aromatic carbocycles. The molecule has 1 aliphatic rings. The van der Waals surface area contributed by atoms with Crippen molar-refractivity contribution < 1.29 is 17.6 Å².